The van der Waals surface area contributed by atoms with Crippen molar-refractivity contribution in [2.45, 2.75) is 76.5 Å². The van der Waals surface area contributed by atoms with Crippen LogP contribution in [-0.2, 0) is 16.1 Å². The summed E-state index contributed by atoms with van der Waals surface area (Å²) in [5.74, 6) is -0.753. The lowest BCUT2D eigenvalue weighted by molar-refractivity contribution is -0.139. The maximum absolute atomic E-state index is 14.0. The summed E-state index contributed by atoms with van der Waals surface area (Å²) in [5, 5.41) is 9.12. The number of likely N-dealkylation sites (tertiary alicyclic amines) is 1. The molecule has 7 nitrogen and oxygen atoms in total. The van der Waals surface area contributed by atoms with Gasteiger partial charge in [0.15, 0.2) is 0 Å². The second kappa shape index (κ2) is 12.4. The van der Waals surface area contributed by atoms with E-state index >= 15 is 0 Å². The van der Waals surface area contributed by atoms with Gasteiger partial charge in [0, 0.05) is 24.7 Å². The molecule has 2 fully saturated rings. The standard InChI is InChI=1S/C28H37F2N5O2/c1-18(31-2)27(36)34-26(19-8-4-3-5-9-19)28(37)35-15-7-11-24(35)23-10-6-12-25(33-23)32-17-20-13-14-21(29)16-22(20)30/h6,10,12-14,16,18-19,24,26,31H,3-5,7-9,11,15,17H2,1-2H3,(H,32,33)(H,34,36)/t18-,24-,26-/m0/s1. The summed E-state index contributed by atoms with van der Waals surface area (Å²) in [4.78, 5) is 33.3. The van der Waals surface area contributed by atoms with Crippen molar-refractivity contribution in [3.63, 3.8) is 0 Å². The molecule has 1 aliphatic carbocycles. The molecule has 2 aromatic rings. The molecule has 200 valence electrons. The molecule has 2 heterocycles. The van der Waals surface area contributed by atoms with Crippen molar-refractivity contribution in [1.29, 1.82) is 0 Å². The van der Waals surface area contributed by atoms with Crippen molar-refractivity contribution < 1.29 is 18.4 Å². The number of carbonyl (C=O) groups excluding carboxylic acids is 2. The molecule has 0 spiro atoms. The predicted octanol–water partition coefficient (Wildman–Crippen LogP) is 4.31. The van der Waals surface area contributed by atoms with Crippen LogP contribution in [0.3, 0.4) is 0 Å². The maximum Gasteiger partial charge on any atom is 0.246 e. The Balaban J connectivity index is 1.49. The van der Waals surface area contributed by atoms with Gasteiger partial charge in [-0.25, -0.2) is 13.8 Å². The minimum atomic E-state index is -0.615. The van der Waals surface area contributed by atoms with E-state index in [2.05, 4.69) is 16.0 Å². The quantitative estimate of drug-likeness (QED) is 0.465. The second-order valence-electron chi connectivity index (χ2n) is 10.1. The number of halogens is 2. The molecule has 0 unspecified atom stereocenters. The van der Waals surface area contributed by atoms with Crippen LogP contribution >= 0.6 is 0 Å². The number of nitrogens with one attached hydrogen (secondary N) is 3. The van der Waals surface area contributed by atoms with Gasteiger partial charge in [0.25, 0.3) is 0 Å². The third-order valence-corrected chi connectivity index (χ3v) is 7.63. The van der Waals surface area contributed by atoms with Gasteiger partial charge in [-0.2, -0.15) is 0 Å². The molecule has 1 saturated carbocycles. The number of carbonyl (C=O) groups is 2. The number of likely N-dealkylation sites (N-methyl/N-ethyl adjacent to an activating group) is 1. The number of pyridine rings is 1. The van der Waals surface area contributed by atoms with E-state index in [0.717, 1.165) is 56.7 Å². The monoisotopic (exact) mass is 513 g/mol. The van der Waals surface area contributed by atoms with Crippen molar-refractivity contribution in [1.82, 2.24) is 20.5 Å². The van der Waals surface area contributed by atoms with Crippen molar-refractivity contribution in [2.75, 3.05) is 18.9 Å². The Morgan fingerprint density at radius 2 is 1.86 bits per heavy atom. The zero-order valence-electron chi connectivity index (χ0n) is 21.6. The van der Waals surface area contributed by atoms with Gasteiger partial charge in [-0.15, -0.1) is 0 Å². The van der Waals surface area contributed by atoms with Crippen LogP contribution < -0.4 is 16.0 Å². The molecule has 37 heavy (non-hydrogen) atoms. The van der Waals surface area contributed by atoms with Crippen molar-refractivity contribution >= 4 is 17.6 Å². The van der Waals surface area contributed by atoms with E-state index in [0.29, 0.717) is 17.9 Å². The Hall–Kier alpha value is -3.07. The van der Waals surface area contributed by atoms with Crippen LogP contribution in [0.25, 0.3) is 0 Å². The van der Waals surface area contributed by atoms with Crippen LogP contribution in [0, 0.1) is 17.6 Å². The number of anilines is 1. The molecular weight excluding hydrogens is 476 g/mol. The third-order valence-electron chi connectivity index (χ3n) is 7.63. The average molecular weight is 514 g/mol. The lowest BCUT2D eigenvalue weighted by Crippen LogP contribution is -2.55. The Morgan fingerprint density at radius 1 is 1.08 bits per heavy atom. The van der Waals surface area contributed by atoms with E-state index in [1.807, 2.05) is 17.0 Å². The van der Waals surface area contributed by atoms with Gasteiger partial charge in [-0.05, 0) is 63.8 Å². The van der Waals surface area contributed by atoms with E-state index in [4.69, 9.17) is 4.98 Å². The van der Waals surface area contributed by atoms with Gasteiger partial charge in [-0.1, -0.05) is 31.4 Å². The zero-order chi connectivity index (χ0) is 26.4. The molecule has 2 aliphatic rings. The fourth-order valence-corrected chi connectivity index (χ4v) is 5.36. The van der Waals surface area contributed by atoms with Crippen LogP contribution in [0.15, 0.2) is 36.4 Å². The molecule has 1 saturated heterocycles. The second-order valence-corrected chi connectivity index (χ2v) is 10.1. The molecule has 1 aromatic carbocycles. The molecule has 0 radical (unpaired) electrons. The van der Waals surface area contributed by atoms with Gasteiger partial charge >= 0.3 is 0 Å². The largest absolute Gasteiger partial charge is 0.366 e. The van der Waals surface area contributed by atoms with Gasteiger partial charge in [0.2, 0.25) is 11.8 Å². The zero-order valence-corrected chi connectivity index (χ0v) is 21.6. The molecule has 0 bridgehead atoms. The topological polar surface area (TPSA) is 86.4 Å². The van der Waals surface area contributed by atoms with Crippen LogP contribution in [0.4, 0.5) is 14.6 Å². The molecule has 2 amide bonds. The maximum atomic E-state index is 14.0. The summed E-state index contributed by atoms with van der Waals surface area (Å²) in [6.45, 7) is 2.57. The number of benzene rings is 1. The van der Waals surface area contributed by atoms with Crippen molar-refractivity contribution in [3.05, 3.63) is 59.3 Å². The van der Waals surface area contributed by atoms with Crippen molar-refractivity contribution in [3.8, 4) is 0 Å². The number of hydrogen-bond donors (Lipinski definition) is 3. The van der Waals surface area contributed by atoms with Crippen molar-refractivity contribution in [2.24, 2.45) is 5.92 Å². The fraction of sp³-hybridized carbons (Fsp3) is 0.536. The number of rotatable bonds is 9. The highest BCUT2D eigenvalue weighted by atomic mass is 19.1. The number of aromatic nitrogens is 1. The summed E-state index contributed by atoms with van der Waals surface area (Å²) in [5.41, 5.74) is 1.10. The van der Waals surface area contributed by atoms with E-state index in [1.165, 1.54) is 12.1 Å². The molecule has 1 aromatic heterocycles. The molecule has 3 N–H and O–H groups in total. The number of nitrogens with zero attached hydrogens (tertiary/aromatic N) is 2. The average Bonchev–Trinajstić information content (AvgIpc) is 3.41. The smallest absolute Gasteiger partial charge is 0.246 e. The minimum absolute atomic E-state index is 0.0420. The summed E-state index contributed by atoms with van der Waals surface area (Å²) < 4.78 is 27.2. The first-order valence-corrected chi connectivity index (χ1v) is 13.3. The van der Waals surface area contributed by atoms with Crippen LogP contribution in [0.1, 0.15) is 69.2 Å². The van der Waals surface area contributed by atoms with E-state index < -0.39 is 17.7 Å². The van der Waals surface area contributed by atoms with Gasteiger partial charge < -0.3 is 20.9 Å². The summed E-state index contributed by atoms with van der Waals surface area (Å²) in [6, 6.07) is 7.92. The Bertz CT molecular complexity index is 1090. The lowest BCUT2D eigenvalue weighted by atomic mass is 9.83. The first-order valence-electron chi connectivity index (χ1n) is 13.3. The summed E-state index contributed by atoms with van der Waals surface area (Å²) >= 11 is 0. The minimum Gasteiger partial charge on any atom is -0.366 e. The van der Waals surface area contributed by atoms with Crippen LogP contribution in [0.2, 0.25) is 0 Å². The molecule has 9 heteroatoms. The summed E-state index contributed by atoms with van der Waals surface area (Å²) in [6.07, 6.45) is 6.80. The van der Waals surface area contributed by atoms with Gasteiger partial charge in [-0.3, -0.25) is 9.59 Å². The highest BCUT2D eigenvalue weighted by Gasteiger charge is 2.39. The van der Waals surface area contributed by atoms with Gasteiger partial charge in [0.05, 0.1) is 17.8 Å². The molecule has 4 rings (SSSR count). The lowest BCUT2D eigenvalue weighted by Gasteiger charge is -2.35. The Labute approximate surface area is 217 Å². The third kappa shape index (κ3) is 6.63. The first kappa shape index (κ1) is 27.0. The molecular formula is C28H37F2N5O2. The SMILES string of the molecule is CN[C@@H](C)C(=O)N[C@H](C(=O)N1CCC[C@H]1c1cccc(NCc2ccc(F)cc2F)n1)C1CCCCC1. The highest BCUT2D eigenvalue weighted by Crippen LogP contribution is 2.34. The summed E-state index contributed by atoms with van der Waals surface area (Å²) in [7, 11) is 1.73. The van der Waals surface area contributed by atoms with Crippen LogP contribution in [0.5, 0.6) is 0 Å². The molecule has 1 aliphatic heterocycles. The fourth-order valence-electron chi connectivity index (χ4n) is 5.36. The van der Waals surface area contributed by atoms with E-state index in [-0.39, 0.29) is 36.4 Å². The Kier molecular flexibility index (Phi) is 9.08. The molecule has 3 atom stereocenters. The highest BCUT2D eigenvalue weighted by molar-refractivity contribution is 5.90. The van der Waals surface area contributed by atoms with E-state index in [1.54, 1.807) is 20.0 Å². The number of hydrogen-bond acceptors (Lipinski definition) is 5. The van der Waals surface area contributed by atoms with Crippen LogP contribution in [-0.4, -0.2) is 47.4 Å². The predicted molar refractivity (Wildman–Crippen MR) is 139 cm³/mol. The normalized spacial score (nSPS) is 19.9. The number of amides is 2. The van der Waals surface area contributed by atoms with E-state index in [9.17, 15) is 18.4 Å². The van der Waals surface area contributed by atoms with Gasteiger partial charge in [0.1, 0.15) is 23.5 Å². The Morgan fingerprint density at radius 3 is 2.59 bits per heavy atom. The first-order chi connectivity index (χ1) is 17.9.